The fourth-order valence-electron chi connectivity index (χ4n) is 0.623. The van der Waals surface area contributed by atoms with Crippen LogP contribution in [0.3, 0.4) is 0 Å². The fraction of sp³-hybridized carbons (Fsp3) is 0.143. The first-order valence-electron chi connectivity index (χ1n) is 2.71. The Labute approximate surface area is 71.8 Å². The maximum absolute atomic E-state index is 10.9. The molecule has 0 amide bonds. The predicted octanol–water partition coefficient (Wildman–Crippen LogP) is 1.99. The molecule has 0 saturated carbocycles. The molecule has 0 aliphatic heterocycles. The van der Waals surface area contributed by atoms with Crippen LogP contribution >= 0.6 is 15.9 Å². The van der Waals surface area contributed by atoms with Gasteiger partial charge in [0.1, 0.15) is 6.26 Å². The molecule has 0 heterocycles. The first-order valence-corrected chi connectivity index (χ1v) is 5.06. The Balaban J connectivity index is 3.03. The van der Waals surface area contributed by atoms with Crippen LogP contribution in [0.15, 0.2) is 27.6 Å². The van der Waals surface area contributed by atoms with E-state index in [-0.39, 0.29) is 0 Å². The highest BCUT2D eigenvalue weighted by molar-refractivity contribution is 9.10. The first-order chi connectivity index (χ1) is 4.72. The summed E-state index contributed by atoms with van der Waals surface area (Å²) in [4.78, 5) is 0.794. The van der Waals surface area contributed by atoms with E-state index in [9.17, 15) is 4.55 Å². The molecular formula is C7H6BrOS. The summed E-state index contributed by atoms with van der Waals surface area (Å²) in [5, 5.41) is 0. The average molecular weight is 218 g/mol. The molecule has 1 radical (unpaired) electrons. The van der Waals surface area contributed by atoms with E-state index in [0.717, 1.165) is 9.37 Å². The van der Waals surface area contributed by atoms with Crippen molar-refractivity contribution in [3.8, 4) is 0 Å². The van der Waals surface area contributed by atoms with Gasteiger partial charge in [-0.2, -0.15) is 0 Å². The lowest BCUT2D eigenvalue weighted by molar-refractivity contribution is 0.600. The maximum Gasteiger partial charge on any atom is 0.167 e. The van der Waals surface area contributed by atoms with E-state index in [0.29, 0.717) is 0 Å². The Hall–Kier alpha value is 0.01000. The zero-order chi connectivity index (χ0) is 7.56. The monoisotopic (exact) mass is 217 g/mol. The van der Waals surface area contributed by atoms with Gasteiger partial charge in [-0.1, -0.05) is 12.1 Å². The largest absolute Gasteiger partial charge is 0.612 e. The van der Waals surface area contributed by atoms with E-state index in [1.807, 2.05) is 12.1 Å². The van der Waals surface area contributed by atoms with Crippen LogP contribution in [0.5, 0.6) is 0 Å². The lowest BCUT2D eigenvalue weighted by Crippen LogP contribution is -1.97. The zero-order valence-corrected chi connectivity index (χ0v) is 7.83. The van der Waals surface area contributed by atoms with Crippen LogP contribution in [0, 0.1) is 6.07 Å². The van der Waals surface area contributed by atoms with Crippen molar-refractivity contribution in [1.29, 1.82) is 0 Å². The van der Waals surface area contributed by atoms with Crippen LogP contribution in [0.2, 0.25) is 0 Å². The summed E-state index contributed by atoms with van der Waals surface area (Å²) in [5.74, 6) is 0. The van der Waals surface area contributed by atoms with E-state index < -0.39 is 11.2 Å². The van der Waals surface area contributed by atoms with Gasteiger partial charge in [0.05, 0.1) is 4.47 Å². The molecule has 3 heteroatoms. The molecule has 1 aromatic carbocycles. The molecule has 0 aromatic heterocycles. The molecule has 0 aliphatic rings. The van der Waals surface area contributed by atoms with Crippen LogP contribution in [0.4, 0.5) is 0 Å². The maximum atomic E-state index is 10.9. The van der Waals surface area contributed by atoms with Gasteiger partial charge in [0, 0.05) is 6.07 Å². The van der Waals surface area contributed by atoms with Gasteiger partial charge in [-0.15, -0.1) is 0 Å². The summed E-state index contributed by atoms with van der Waals surface area (Å²) in [6, 6.07) is 8.32. The Morgan fingerprint density at radius 3 is 2.80 bits per heavy atom. The van der Waals surface area contributed by atoms with Gasteiger partial charge in [-0.3, -0.25) is 0 Å². The Morgan fingerprint density at radius 1 is 1.70 bits per heavy atom. The number of benzene rings is 1. The molecule has 0 fully saturated rings. The number of hydrogen-bond acceptors (Lipinski definition) is 1. The SMILES string of the molecule is C[S+]([O-])c1ccc[c]c1Br. The average Bonchev–Trinajstić information content (AvgIpc) is 1.88. The lowest BCUT2D eigenvalue weighted by Gasteiger charge is -2.04. The van der Waals surface area contributed by atoms with Crippen molar-refractivity contribution in [2.75, 3.05) is 6.26 Å². The fourth-order valence-corrected chi connectivity index (χ4v) is 2.15. The van der Waals surface area contributed by atoms with Crippen molar-refractivity contribution in [2.24, 2.45) is 0 Å². The van der Waals surface area contributed by atoms with Crippen molar-refractivity contribution < 1.29 is 4.55 Å². The Kier molecular flexibility index (Phi) is 2.77. The van der Waals surface area contributed by atoms with Gasteiger partial charge in [-0.05, 0) is 33.2 Å². The van der Waals surface area contributed by atoms with Crippen LogP contribution in [0.25, 0.3) is 0 Å². The Morgan fingerprint density at radius 2 is 2.40 bits per heavy atom. The van der Waals surface area contributed by atoms with Gasteiger partial charge < -0.3 is 4.55 Å². The third-order valence-electron chi connectivity index (χ3n) is 1.08. The summed E-state index contributed by atoms with van der Waals surface area (Å²) < 4.78 is 11.7. The van der Waals surface area contributed by atoms with E-state index in [1.165, 1.54) is 0 Å². The molecule has 1 rings (SSSR count). The summed E-state index contributed by atoms with van der Waals surface area (Å²) >= 11 is 2.33. The van der Waals surface area contributed by atoms with Gasteiger partial charge in [-0.25, -0.2) is 0 Å². The molecule has 1 aromatic rings. The smallest absolute Gasteiger partial charge is 0.167 e. The highest BCUT2D eigenvalue weighted by Gasteiger charge is 2.06. The van der Waals surface area contributed by atoms with Gasteiger partial charge >= 0.3 is 0 Å². The minimum absolute atomic E-state index is 0.788. The first kappa shape index (κ1) is 8.11. The van der Waals surface area contributed by atoms with Gasteiger partial charge in [0.25, 0.3) is 0 Å². The molecule has 10 heavy (non-hydrogen) atoms. The molecule has 0 bridgehead atoms. The molecule has 1 unspecified atom stereocenters. The van der Waals surface area contributed by atoms with Crippen molar-refractivity contribution in [2.45, 2.75) is 4.90 Å². The molecule has 0 N–H and O–H groups in total. The second kappa shape index (κ2) is 3.42. The normalized spacial score (nSPS) is 13.1. The van der Waals surface area contributed by atoms with Crippen molar-refractivity contribution in [3.63, 3.8) is 0 Å². The van der Waals surface area contributed by atoms with Gasteiger partial charge in [0.15, 0.2) is 4.90 Å². The van der Waals surface area contributed by atoms with Crippen LogP contribution in [-0.2, 0) is 11.2 Å². The van der Waals surface area contributed by atoms with Crippen LogP contribution in [0.1, 0.15) is 0 Å². The van der Waals surface area contributed by atoms with Crippen molar-refractivity contribution in [3.05, 3.63) is 28.7 Å². The zero-order valence-electron chi connectivity index (χ0n) is 5.43. The van der Waals surface area contributed by atoms with E-state index in [4.69, 9.17) is 0 Å². The molecule has 1 atom stereocenters. The van der Waals surface area contributed by atoms with Crippen molar-refractivity contribution >= 4 is 27.1 Å². The summed E-state index contributed by atoms with van der Waals surface area (Å²) in [6.07, 6.45) is 1.65. The predicted molar refractivity (Wildman–Crippen MR) is 45.3 cm³/mol. The molecule has 0 aliphatic carbocycles. The molecule has 1 nitrogen and oxygen atoms in total. The third-order valence-corrected chi connectivity index (χ3v) is 2.96. The summed E-state index contributed by atoms with van der Waals surface area (Å²) in [6.45, 7) is 0. The number of rotatable bonds is 1. The van der Waals surface area contributed by atoms with E-state index in [1.54, 1.807) is 12.3 Å². The topological polar surface area (TPSA) is 23.1 Å². The Bertz CT molecular complexity index is 225. The second-order valence-corrected chi connectivity index (χ2v) is 3.94. The van der Waals surface area contributed by atoms with Crippen LogP contribution in [-0.4, -0.2) is 10.8 Å². The highest BCUT2D eigenvalue weighted by atomic mass is 79.9. The standard InChI is InChI=1S/C7H6BrOS/c1-10(9)7-5-3-2-4-6(7)8/h2-3,5H,1H3. The van der Waals surface area contributed by atoms with E-state index in [2.05, 4.69) is 22.0 Å². The lowest BCUT2D eigenvalue weighted by atomic mass is 10.4. The summed E-state index contributed by atoms with van der Waals surface area (Å²) in [5.41, 5.74) is 0. The van der Waals surface area contributed by atoms with Crippen molar-refractivity contribution in [1.82, 2.24) is 0 Å². The quantitative estimate of drug-likeness (QED) is 0.661. The molecule has 0 saturated heterocycles. The number of halogens is 1. The molecule has 53 valence electrons. The molecule has 0 spiro atoms. The number of hydrogen-bond donors (Lipinski definition) is 0. The molecular weight excluding hydrogens is 212 g/mol. The van der Waals surface area contributed by atoms with Gasteiger partial charge in [0.2, 0.25) is 0 Å². The minimum Gasteiger partial charge on any atom is -0.612 e. The summed E-state index contributed by atoms with van der Waals surface area (Å²) in [7, 11) is 0. The second-order valence-electron chi connectivity index (χ2n) is 1.80. The highest BCUT2D eigenvalue weighted by Crippen LogP contribution is 2.19. The van der Waals surface area contributed by atoms with E-state index >= 15 is 0 Å². The van der Waals surface area contributed by atoms with Crippen LogP contribution < -0.4 is 0 Å². The third kappa shape index (κ3) is 1.75. The minimum atomic E-state index is -0.919.